The van der Waals surface area contributed by atoms with E-state index in [1.165, 1.54) is 16.9 Å². The summed E-state index contributed by atoms with van der Waals surface area (Å²) in [6.45, 7) is 4.94. The first-order chi connectivity index (χ1) is 8.60. The number of ketones is 1. The topological polar surface area (TPSA) is 26.3 Å². The van der Waals surface area contributed by atoms with E-state index in [2.05, 4.69) is 19.9 Å². The van der Waals surface area contributed by atoms with Crippen molar-refractivity contribution in [2.24, 2.45) is 5.92 Å². The van der Waals surface area contributed by atoms with Gasteiger partial charge in [0.05, 0.1) is 10.5 Å². The third-order valence-corrected chi connectivity index (χ3v) is 5.70. The van der Waals surface area contributed by atoms with Crippen molar-refractivity contribution in [2.45, 2.75) is 51.6 Å². The van der Waals surface area contributed by atoms with Gasteiger partial charge in [0, 0.05) is 17.4 Å². The quantitative estimate of drug-likeness (QED) is 0.757. The van der Waals surface area contributed by atoms with Crippen LogP contribution in [0.4, 0.5) is 0 Å². The Morgan fingerprint density at radius 2 is 2.22 bits per heavy atom. The number of rotatable bonds is 2. The number of carbonyl (C=O) groups is 1. The van der Waals surface area contributed by atoms with Crippen LogP contribution in [0.1, 0.15) is 52.2 Å². The molecule has 1 saturated carbocycles. The first-order valence-electron chi connectivity index (χ1n) is 6.85. The highest BCUT2D eigenvalue weighted by Gasteiger charge is 2.44. The molecule has 1 atom stereocenters. The Hall–Kier alpha value is -0.670. The van der Waals surface area contributed by atoms with Crippen LogP contribution in [0.5, 0.6) is 0 Å². The molecule has 3 heteroatoms. The van der Waals surface area contributed by atoms with Gasteiger partial charge in [0.2, 0.25) is 0 Å². The van der Waals surface area contributed by atoms with Crippen LogP contribution in [0.15, 0.2) is 6.07 Å². The van der Waals surface area contributed by atoms with Crippen molar-refractivity contribution in [2.75, 3.05) is 6.61 Å². The average Bonchev–Trinajstić information content (AvgIpc) is 2.67. The zero-order valence-corrected chi connectivity index (χ0v) is 11.9. The van der Waals surface area contributed by atoms with Crippen LogP contribution in [-0.2, 0) is 4.74 Å². The van der Waals surface area contributed by atoms with Crippen molar-refractivity contribution in [3.05, 3.63) is 21.4 Å². The smallest absolute Gasteiger partial charge is 0.176 e. The minimum absolute atomic E-state index is 0.0694. The monoisotopic (exact) mass is 264 g/mol. The summed E-state index contributed by atoms with van der Waals surface area (Å²) in [5.41, 5.74) is 1.31. The third kappa shape index (κ3) is 2.04. The molecule has 2 aliphatic rings. The molecule has 0 radical (unpaired) electrons. The molecule has 18 heavy (non-hydrogen) atoms. The molecular formula is C15H20O2S. The van der Waals surface area contributed by atoms with Crippen LogP contribution in [0.2, 0.25) is 0 Å². The van der Waals surface area contributed by atoms with E-state index in [1.54, 1.807) is 11.3 Å². The second kappa shape index (κ2) is 4.46. The predicted octanol–water partition coefficient (Wildman–Crippen LogP) is 3.90. The van der Waals surface area contributed by atoms with Gasteiger partial charge in [-0.15, -0.1) is 11.3 Å². The van der Waals surface area contributed by atoms with Gasteiger partial charge in [-0.05, 0) is 57.6 Å². The van der Waals surface area contributed by atoms with Gasteiger partial charge >= 0.3 is 0 Å². The Bertz CT molecular complexity index is 451. The highest BCUT2D eigenvalue weighted by atomic mass is 32.1. The number of aryl methyl sites for hydroxylation is 2. The maximum Gasteiger partial charge on any atom is 0.176 e. The van der Waals surface area contributed by atoms with Crippen LogP contribution >= 0.6 is 11.3 Å². The SMILES string of the molecule is Cc1cc(C(=O)C2CCOC3(CCC3)C2)sc1C. The Labute approximate surface area is 112 Å². The lowest BCUT2D eigenvalue weighted by Crippen LogP contribution is -2.46. The molecule has 0 N–H and O–H groups in total. The molecule has 1 aliphatic heterocycles. The van der Waals surface area contributed by atoms with E-state index >= 15 is 0 Å². The number of ether oxygens (including phenoxy) is 1. The average molecular weight is 264 g/mol. The predicted molar refractivity (Wildman–Crippen MR) is 73.4 cm³/mol. The Morgan fingerprint density at radius 3 is 2.78 bits per heavy atom. The molecule has 3 rings (SSSR count). The molecule has 2 fully saturated rings. The van der Waals surface area contributed by atoms with Crippen molar-refractivity contribution in [1.82, 2.24) is 0 Å². The van der Waals surface area contributed by atoms with Gasteiger partial charge in [0.15, 0.2) is 5.78 Å². The third-order valence-electron chi connectivity index (χ3n) is 4.54. The minimum atomic E-state index is 0.0694. The fourth-order valence-electron chi connectivity index (χ4n) is 3.07. The second-order valence-corrected chi connectivity index (χ2v) is 7.05. The van der Waals surface area contributed by atoms with Gasteiger partial charge in [-0.2, -0.15) is 0 Å². The molecule has 2 nitrogen and oxygen atoms in total. The Morgan fingerprint density at radius 1 is 1.44 bits per heavy atom. The van der Waals surface area contributed by atoms with Gasteiger partial charge in [-0.1, -0.05) is 0 Å². The molecule has 2 heterocycles. The molecule has 1 spiro atoms. The maximum atomic E-state index is 12.5. The summed E-state index contributed by atoms with van der Waals surface area (Å²) in [7, 11) is 0. The van der Waals surface area contributed by atoms with Gasteiger partial charge in [-0.25, -0.2) is 0 Å². The van der Waals surface area contributed by atoms with Crippen LogP contribution in [-0.4, -0.2) is 18.0 Å². The summed E-state index contributed by atoms with van der Waals surface area (Å²) in [5, 5.41) is 0. The van der Waals surface area contributed by atoms with E-state index in [0.717, 1.165) is 37.2 Å². The molecule has 1 unspecified atom stereocenters. The molecule has 0 bridgehead atoms. The normalized spacial score (nSPS) is 26.0. The molecule has 1 saturated heterocycles. The molecule has 98 valence electrons. The Kier molecular flexibility index (Phi) is 3.07. The van der Waals surface area contributed by atoms with E-state index in [0.29, 0.717) is 5.78 Å². The van der Waals surface area contributed by atoms with Crippen molar-refractivity contribution >= 4 is 17.1 Å². The van der Waals surface area contributed by atoms with Crippen LogP contribution in [0, 0.1) is 19.8 Å². The summed E-state index contributed by atoms with van der Waals surface area (Å²) in [5.74, 6) is 0.544. The second-order valence-electron chi connectivity index (χ2n) is 5.79. The minimum Gasteiger partial charge on any atom is -0.375 e. The van der Waals surface area contributed by atoms with Crippen molar-refractivity contribution in [3.8, 4) is 0 Å². The molecule has 0 aromatic carbocycles. The fourth-order valence-corrected chi connectivity index (χ4v) is 4.12. The summed E-state index contributed by atoms with van der Waals surface area (Å²) in [6.07, 6.45) is 5.41. The molecular weight excluding hydrogens is 244 g/mol. The van der Waals surface area contributed by atoms with E-state index in [-0.39, 0.29) is 11.5 Å². The number of carbonyl (C=O) groups excluding carboxylic acids is 1. The Balaban J connectivity index is 1.75. The number of hydrogen-bond acceptors (Lipinski definition) is 3. The van der Waals surface area contributed by atoms with Gasteiger partial charge < -0.3 is 4.74 Å². The molecule has 1 aliphatic carbocycles. The summed E-state index contributed by atoms with van der Waals surface area (Å²) < 4.78 is 5.90. The van der Waals surface area contributed by atoms with Crippen molar-refractivity contribution in [3.63, 3.8) is 0 Å². The maximum absolute atomic E-state index is 12.5. The lowest BCUT2D eigenvalue weighted by atomic mass is 9.71. The van der Waals surface area contributed by atoms with E-state index in [9.17, 15) is 4.79 Å². The molecule has 1 aromatic heterocycles. The lowest BCUT2D eigenvalue weighted by molar-refractivity contribution is -0.137. The zero-order chi connectivity index (χ0) is 12.8. The first kappa shape index (κ1) is 12.4. The summed E-state index contributed by atoms with van der Waals surface area (Å²) in [4.78, 5) is 14.8. The van der Waals surface area contributed by atoms with Crippen LogP contribution < -0.4 is 0 Å². The standard InChI is InChI=1S/C15H20O2S/c1-10-8-13(18-11(10)2)14(16)12-4-7-17-15(9-12)5-3-6-15/h8,12H,3-7,9H2,1-2H3. The van der Waals surface area contributed by atoms with E-state index in [1.807, 2.05) is 0 Å². The van der Waals surface area contributed by atoms with Gasteiger partial charge in [0.1, 0.15) is 0 Å². The molecule has 1 aromatic rings. The van der Waals surface area contributed by atoms with Crippen molar-refractivity contribution < 1.29 is 9.53 Å². The van der Waals surface area contributed by atoms with E-state index < -0.39 is 0 Å². The van der Waals surface area contributed by atoms with Crippen LogP contribution in [0.3, 0.4) is 0 Å². The number of hydrogen-bond donors (Lipinski definition) is 0. The van der Waals surface area contributed by atoms with Crippen molar-refractivity contribution in [1.29, 1.82) is 0 Å². The highest BCUT2D eigenvalue weighted by molar-refractivity contribution is 7.14. The first-order valence-corrected chi connectivity index (χ1v) is 7.66. The van der Waals surface area contributed by atoms with E-state index in [4.69, 9.17) is 4.74 Å². The largest absolute Gasteiger partial charge is 0.375 e. The number of thiophene rings is 1. The van der Waals surface area contributed by atoms with Crippen LogP contribution in [0.25, 0.3) is 0 Å². The highest BCUT2D eigenvalue weighted by Crippen LogP contribution is 2.45. The number of Topliss-reactive ketones (excluding diaryl/α,β-unsaturated/α-hetero) is 1. The van der Waals surface area contributed by atoms with Gasteiger partial charge in [0.25, 0.3) is 0 Å². The molecule has 0 amide bonds. The summed E-state index contributed by atoms with van der Waals surface area (Å²) in [6, 6.07) is 2.06. The zero-order valence-electron chi connectivity index (χ0n) is 11.1. The fraction of sp³-hybridized carbons (Fsp3) is 0.667. The lowest BCUT2D eigenvalue weighted by Gasteiger charge is -2.46. The summed E-state index contributed by atoms with van der Waals surface area (Å²) >= 11 is 1.65. The van der Waals surface area contributed by atoms with Gasteiger partial charge in [-0.3, -0.25) is 4.79 Å².